The van der Waals surface area contributed by atoms with Gasteiger partial charge in [0.25, 0.3) is 0 Å². The molecule has 0 radical (unpaired) electrons. The van der Waals surface area contributed by atoms with E-state index in [9.17, 15) is 14.0 Å². The molecule has 0 atom stereocenters. The number of carboxylic acid groups (broad SMARTS) is 1. The monoisotopic (exact) mass is 411 g/mol. The van der Waals surface area contributed by atoms with Gasteiger partial charge in [0.2, 0.25) is 0 Å². The van der Waals surface area contributed by atoms with Crippen LogP contribution in [0, 0.1) is 5.82 Å². The largest absolute Gasteiger partial charge is 0.465 e. The van der Waals surface area contributed by atoms with Crippen LogP contribution in [-0.4, -0.2) is 38.3 Å². The molecule has 4 rings (SSSR count). The number of unbranched alkanes of at least 4 members (excludes halogenated alkanes) is 1. The van der Waals surface area contributed by atoms with Gasteiger partial charge in [0.05, 0.1) is 11.0 Å². The third-order valence-electron chi connectivity index (χ3n) is 5.96. The van der Waals surface area contributed by atoms with E-state index in [1.54, 1.807) is 15.2 Å². The first-order valence-electron chi connectivity index (χ1n) is 10.5. The maximum atomic E-state index is 14.0. The van der Waals surface area contributed by atoms with Crippen molar-refractivity contribution in [1.82, 2.24) is 14.0 Å². The quantitative estimate of drug-likeness (QED) is 0.616. The highest BCUT2D eigenvalue weighted by Crippen LogP contribution is 2.26. The van der Waals surface area contributed by atoms with E-state index in [2.05, 4.69) is 12.1 Å². The van der Waals surface area contributed by atoms with E-state index in [-0.39, 0.29) is 17.5 Å². The number of aromatic nitrogens is 2. The summed E-state index contributed by atoms with van der Waals surface area (Å²) in [6, 6.07) is 14.6. The number of imidazole rings is 1. The molecule has 0 unspecified atom stereocenters. The minimum Gasteiger partial charge on any atom is -0.465 e. The van der Waals surface area contributed by atoms with E-state index >= 15 is 0 Å². The van der Waals surface area contributed by atoms with E-state index in [1.807, 2.05) is 18.2 Å². The molecule has 2 aromatic carbocycles. The Morgan fingerprint density at radius 1 is 1.03 bits per heavy atom. The highest BCUT2D eigenvalue weighted by atomic mass is 19.1. The zero-order valence-corrected chi connectivity index (χ0v) is 16.8. The molecule has 158 valence electrons. The highest BCUT2D eigenvalue weighted by Gasteiger charge is 2.27. The Morgan fingerprint density at radius 3 is 2.47 bits per heavy atom. The van der Waals surface area contributed by atoms with Crippen molar-refractivity contribution in [2.45, 2.75) is 44.7 Å². The van der Waals surface area contributed by atoms with Gasteiger partial charge in [-0.1, -0.05) is 30.3 Å². The molecule has 0 saturated carbocycles. The first-order chi connectivity index (χ1) is 14.5. The average Bonchev–Trinajstić information content (AvgIpc) is 3.02. The van der Waals surface area contributed by atoms with Crippen molar-refractivity contribution < 1.29 is 14.3 Å². The smallest absolute Gasteiger partial charge is 0.407 e. The molecule has 1 amide bonds. The molecule has 0 aliphatic carbocycles. The Kier molecular flexibility index (Phi) is 5.88. The summed E-state index contributed by atoms with van der Waals surface area (Å²) in [6.45, 7) is 1.34. The van der Waals surface area contributed by atoms with Crippen molar-refractivity contribution in [2.75, 3.05) is 13.1 Å². The molecule has 30 heavy (non-hydrogen) atoms. The normalized spacial score (nSPS) is 15.0. The first-order valence-corrected chi connectivity index (χ1v) is 10.5. The summed E-state index contributed by atoms with van der Waals surface area (Å²) in [4.78, 5) is 25.8. The maximum Gasteiger partial charge on any atom is 0.407 e. The lowest BCUT2D eigenvalue weighted by molar-refractivity contribution is 0.125. The van der Waals surface area contributed by atoms with Crippen molar-refractivity contribution in [2.24, 2.45) is 0 Å². The van der Waals surface area contributed by atoms with Crippen molar-refractivity contribution in [3.05, 3.63) is 70.4 Å². The lowest BCUT2D eigenvalue weighted by atomic mass is 10.0. The molecule has 0 spiro atoms. The van der Waals surface area contributed by atoms with Gasteiger partial charge < -0.3 is 10.0 Å². The van der Waals surface area contributed by atoms with E-state index in [0.717, 1.165) is 24.8 Å². The summed E-state index contributed by atoms with van der Waals surface area (Å²) in [5.41, 5.74) is 2.47. The predicted octanol–water partition coefficient (Wildman–Crippen LogP) is 4.28. The van der Waals surface area contributed by atoms with Gasteiger partial charge in [-0.05, 0) is 55.9 Å². The molecule has 1 aliphatic heterocycles. The molecule has 6 nitrogen and oxygen atoms in total. The minimum absolute atomic E-state index is 0.122. The number of fused-ring (bicyclic) bond motifs is 1. The lowest BCUT2D eigenvalue weighted by Crippen LogP contribution is -2.40. The maximum absolute atomic E-state index is 14.0. The molecular formula is C23H26FN3O3. The number of carbonyl (C=O) groups is 1. The number of benzene rings is 2. The molecule has 3 aromatic rings. The minimum atomic E-state index is -0.937. The number of halogens is 1. The molecule has 1 N–H and O–H groups in total. The van der Waals surface area contributed by atoms with Crippen LogP contribution in [0.4, 0.5) is 9.18 Å². The van der Waals surface area contributed by atoms with Gasteiger partial charge in [-0.3, -0.25) is 9.13 Å². The number of aryl methyl sites for hydroxylation is 2. The van der Waals surface area contributed by atoms with Crippen LogP contribution >= 0.6 is 0 Å². The fourth-order valence-corrected chi connectivity index (χ4v) is 4.38. The molecule has 7 heteroatoms. The van der Waals surface area contributed by atoms with Gasteiger partial charge in [-0.25, -0.2) is 14.0 Å². The van der Waals surface area contributed by atoms with Crippen LogP contribution in [-0.2, 0) is 13.0 Å². The van der Waals surface area contributed by atoms with Crippen LogP contribution in [0.1, 0.15) is 37.3 Å². The molecule has 1 aromatic heterocycles. The molecule has 1 saturated heterocycles. The summed E-state index contributed by atoms with van der Waals surface area (Å²) in [6.07, 6.45) is 2.93. The predicted molar refractivity (Wildman–Crippen MR) is 113 cm³/mol. The lowest BCUT2D eigenvalue weighted by Gasteiger charge is -2.30. The van der Waals surface area contributed by atoms with Crippen LogP contribution in [0.2, 0.25) is 0 Å². The zero-order chi connectivity index (χ0) is 21.1. The van der Waals surface area contributed by atoms with Gasteiger partial charge in [0, 0.05) is 25.7 Å². The van der Waals surface area contributed by atoms with E-state index in [1.165, 1.54) is 22.6 Å². The standard InChI is InChI=1S/C23H26FN3O3/c24-18-9-10-20-21(16-18)27(19-11-14-25(15-12-19)23(29)30)22(28)26(20)13-5-4-8-17-6-2-1-3-7-17/h1-3,6-7,9-10,16,19H,4-5,8,11-15H2,(H,29,30). The Balaban J connectivity index is 1.54. The van der Waals surface area contributed by atoms with Gasteiger partial charge in [-0.15, -0.1) is 0 Å². The summed E-state index contributed by atoms with van der Waals surface area (Å²) in [7, 11) is 0. The van der Waals surface area contributed by atoms with Crippen LogP contribution in [0.15, 0.2) is 53.3 Å². The van der Waals surface area contributed by atoms with Crippen LogP contribution < -0.4 is 5.69 Å². The number of nitrogens with zero attached hydrogens (tertiary/aromatic N) is 3. The summed E-state index contributed by atoms with van der Waals surface area (Å²) >= 11 is 0. The third-order valence-corrected chi connectivity index (χ3v) is 5.96. The van der Waals surface area contributed by atoms with E-state index in [4.69, 9.17) is 5.11 Å². The Hall–Kier alpha value is -3.09. The average molecular weight is 411 g/mol. The zero-order valence-electron chi connectivity index (χ0n) is 16.8. The molecular weight excluding hydrogens is 385 g/mol. The second-order valence-corrected chi connectivity index (χ2v) is 7.88. The Bertz CT molecular complexity index is 1080. The summed E-state index contributed by atoms with van der Waals surface area (Å²) in [5.74, 6) is -0.375. The fourth-order valence-electron chi connectivity index (χ4n) is 4.38. The second-order valence-electron chi connectivity index (χ2n) is 7.88. The molecule has 1 aliphatic rings. The topological polar surface area (TPSA) is 67.5 Å². The third kappa shape index (κ3) is 4.10. The second kappa shape index (κ2) is 8.73. The van der Waals surface area contributed by atoms with Crippen LogP contribution in [0.3, 0.4) is 0 Å². The Labute approximate surface area is 174 Å². The van der Waals surface area contributed by atoms with Gasteiger partial charge in [0.15, 0.2) is 0 Å². The molecule has 0 bridgehead atoms. The van der Waals surface area contributed by atoms with Crippen molar-refractivity contribution in [3.63, 3.8) is 0 Å². The van der Waals surface area contributed by atoms with E-state index in [0.29, 0.717) is 38.0 Å². The van der Waals surface area contributed by atoms with Gasteiger partial charge >= 0.3 is 11.8 Å². The Morgan fingerprint density at radius 2 is 1.77 bits per heavy atom. The first kappa shape index (κ1) is 20.2. The van der Waals surface area contributed by atoms with Gasteiger partial charge in [0.1, 0.15) is 5.82 Å². The SMILES string of the molecule is O=C(O)N1CCC(n2c(=O)n(CCCCc3ccccc3)c3ccc(F)cc32)CC1. The number of likely N-dealkylation sites (tertiary alicyclic amines) is 1. The van der Waals surface area contributed by atoms with Crippen molar-refractivity contribution in [1.29, 1.82) is 0 Å². The number of hydrogen-bond acceptors (Lipinski definition) is 2. The van der Waals surface area contributed by atoms with Crippen molar-refractivity contribution in [3.8, 4) is 0 Å². The van der Waals surface area contributed by atoms with Crippen molar-refractivity contribution >= 4 is 17.1 Å². The molecule has 1 fully saturated rings. The van der Waals surface area contributed by atoms with E-state index < -0.39 is 6.09 Å². The van der Waals surface area contributed by atoms with Crippen LogP contribution in [0.5, 0.6) is 0 Å². The highest BCUT2D eigenvalue weighted by molar-refractivity contribution is 5.76. The fraction of sp³-hybridized carbons (Fsp3) is 0.391. The summed E-state index contributed by atoms with van der Waals surface area (Å²) in [5, 5.41) is 9.17. The summed E-state index contributed by atoms with van der Waals surface area (Å²) < 4.78 is 17.4. The number of hydrogen-bond donors (Lipinski definition) is 1. The molecule has 2 heterocycles. The number of piperidine rings is 1. The van der Waals surface area contributed by atoms with Crippen LogP contribution in [0.25, 0.3) is 11.0 Å². The number of rotatable bonds is 6. The number of amides is 1. The van der Waals surface area contributed by atoms with Gasteiger partial charge in [-0.2, -0.15) is 0 Å².